The summed E-state index contributed by atoms with van der Waals surface area (Å²) in [5.74, 6) is 1.56. The molecule has 0 saturated carbocycles. The van der Waals surface area contributed by atoms with Crippen molar-refractivity contribution >= 4 is 44.9 Å². The summed E-state index contributed by atoms with van der Waals surface area (Å²) in [5, 5.41) is 5.06. The van der Waals surface area contributed by atoms with Crippen molar-refractivity contribution in [3.05, 3.63) is 57.6 Å². The van der Waals surface area contributed by atoms with Crippen LogP contribution in [0.25, 0.3) is 16.0 Å². The number of imidazole rings is 1. The van der Waals surface area contributed by atoms with Gasteiger partial charge < -0.3 is 15.0 Å². The van der Waals surface area contributed by atoms with E-state index in [1.807, 2.05) is 55.4 Å². The summed E-state index contributed by atoms with van der Waals surface area (Å²) in [4.78, 5) is 22.2. The van der Waals surface area contributed by atoms with Crippen LogP contribution in [-0.4, -0.2) is 43.2 Å². The molecule has 0 aliphatic heterocycles. The molecule has 0 aliphatic carbocycles. The van der Waals surface area contributed by atoms with Gasteiger partial charge in [-0.05, 0) is 48.2 Å². The molecule has 0 unspecified atom stereocenters. The lowest BCUT2D eigenvalue weighted by Gasteiger charge is -2.15. The van der Waals surface area contributed by atoms with E-state index in [0.29, 0.717) is 11.4 Å². The lowest BCUT2D eigenvalue weighted by atomic mass is 10.3. The highest BCUT2D eigenvalue weighted by Crippen LogP contribution is 2.33. The lowest BCUT2D eigenvalue weighted by Crippen LogP contribution is -2.24. The third-order valence-electron chi connectivity index (χ3n) is 4.51. The lowest BCUT2D eigenvalue weighted by molar-refractivity contribution is 0.0958. The van der Waals surface area contributed by atoms with E-state index in [0.717, 1.165) is 34.2 Å². The van der Waals surface area contributed by atoms with Gasteiger partial charge in [0, 0.05) is 25.5 Å². The van der Waals surface area contributed by atoms with Crippen LogP contribution in [-0.2, 0) is 6.42 Å². The van der Waals surface area contributed by atoms with Gasteiger partial charge in [-0.25, -0.2) is 4.98 Å². The molecule has 4 rings (SSSR count). The predicted octanol–water partition coefficient (Wildman–Crippen LogP) is 4.20. The molecule has 0 radical (unpaired) electrons. The third kappa shape index (κ3) is 3.99. The van der Waals surface area contributed by atoms with Gasteiger partial charge in [0.15, 0.2) is 0 Å². The number of thiophene rings is 2. The van der Waals surface area contributed by atoms with Gasteiger partial charge in [0.05, 0.1) is 17.7 Å². The van der Waals surface area contributed by atoms with Crippen LogP contribution in [0.2, 0.25) is 0 Å². The number of aromatic nitrogens is 2. The van der Waals surface area contributed by atoms with E-state index in [4.69, 9.17) is 9.72 Å². The monoisotopic (exact) mass is 426 g/mol. The van der Waals surface area contributed by atoms with Crippen LogP contribution in [0.5, 0.6) is 5.75 Å². The largest absolute Gasteiger partial charge is 0.497 e. The molecule has 29 heavy (non-hydrogen) atoms. The molecule has 8 heteroatoms. The number of nitrogens with zero attached hydrogens (tertiary/aromatic N) is 3. The van der Waals surface area contributed by atoms with Crippen molar-refractivity contribution in [2.45, 2.75) is 6.42 Å². The van der Waals surface area contributed by atoms with Crippen molar-refractivity contribution in [2.75, 3.05) is 32.6 Å². The highest BCUT2D eigenvalue weighted by atomic mass is 32.1. The summed E-state index contributed by atoms with van der Waals surface area (Å²) in [6.07, 6.45) is 0.843. The first-order valence-electron chi connectivity index (χ1n) is 9.21. The number of nitrogens with one attached hydrogen (secondary N) is 1. The summed E-state index contributed by atoms with van der Waals surface area (Å²) < 4.78 is 7.34. The van der Waals surface area contributed by atoms with Crippen LogP contribution >= 0.6 is 22.7 Å². The quantitative estimate of drug-likeness (QED) is 0.481. The van der Waals surface area contributed by atoms with E-state index in [1.165, 1.54) is 16.2 Å². The second-order valence-corrected chi connectivity index (χ2v) is 8.79. The van der Waals surface area contributed by atoms with Gasteiger partial charge in [0.25, 0.3) is 5.91 Å². The Morgan fingerprint density at radius 3 is 2.69 bits per heavy atom. The normalized spacial score (nSPS) is 11.0. The number of hydrogen-bond donors (Lipinski definition) is 1. The molecule has 1 amide bonds. The molecule has 6 nitrogen and oxygen atoms in total. The summed E-state index contributed by atoms with van der Waals surface area (Å²) in [6.45, 7) is 0.621. The molecule has 1 aromatic carbocycles. The zero-order valence-electron chi connectivity index (χ0n) is 16.5. The van der Waals surface area contributed by atoms with Crippen LogP contribution in [0.15, 0.2) is 47.8 Å². The molecule has 150 valence electrons. The Bertz CT molecular complexity index is 1110. The maximum Gasteiger partial charge on any atom is 0.261 e. The van der Waals surface area contributed by atoms with Crippen molar-refractivity contribution in [3.63, 3.8) is 0 Å². The van der Waals surface area contributed by atoms with Crippen molar-refractivity contribution in [1.82, 2.24) is 14.9 Å². The van der Waals surface area contributed by atoms with Gasteiger partial charge in [-0.1, -0.05) is 6.07 Å². The Hall–Kier alpha value is -2.84. The molecular weight excluding hydrogens is 404 g/mol. The van der Waals surface area contributed by atoms with Gasteiger partial charge in [0.1, 0.15) is 16.1 Å². The minimum atomic E-state index is -0.0581. The molecule has 0 saturated heterocycles. The smallest absolute Gasteiger partial charge is 0.261 e. The van der Waals surface area contributed by atoms with Crippen molar-refractivity contribution < 1.29 is 9.53 Å². The average Bonchev–Trinajstić information content (AvgIpc) is 3.44. The number of carbonyl (C=O) groups is 1. The molecule has 0 bridgehead atoms. The zero-order chi connectivity index (χ0) is 20.4. The maximum atomic E-state index is 12.6. The average molecular weight is 427 g/mol. The number of anilines is 1. The van der Waals surface area contributed by atoms with Crippen LogP contribution in [0.1, 0.15) is 14.5 Å². The van der Waals surface area contributed by atoms with Gasteiger partial charge in [0.2, 0.25) is 5.95 Å². The first-order chi connectivity index (χ1) is 14.1. The number of amides is 1. The molecule has 0 atom stereocenters. The molecule has 4 aromatic rings. The topological polar surface area (TPSA) is 59.4 Å². The van der Waals surface area contributed by atoms with Crippen molar-refractivity contribution in [1.29, 1.82) is 0 Å². The Labute approximate surface area is 177 Å². The van der Waals surface area contributed by atoms with Gasteiger partial charge in [-0.2, -0.15) is 0 Å². The predicted molar refractivity (Wildman–Crippen MR) is 120 cm³/mol. The minimum absolute atomic E-state index is 0.0581. The van der Waals surface area contributed by atoms with E-state index in [1.54, 1.807) is 18.4 Å². The van der Waals surface area contributed by atoms with E-state index in [-0.39, 0.29) is 5.91 Å². The van der Waals surface area contributed by atoms with Crippen LogP contribution in [0.4, 0.5) is 5.95 Å². The fourth-order valence-electron chi connectivity index (χ4n) is 3.08. The van der Waals surface area contributed by atoms with E-state index in [9.17, 15) is 4.79 Å². The van der Waals surface area contributed by atoms with E-state index in [2.05, 4.69) is 21.3 Å². The molecule has 0 aliphatic rings. The number of methoxy groups -OCH3 is 1. The van der Waals surface area contributed by atoms with Crippen molar-refractivity contribution in [2.24, 2.45) is 0 Å². The van der Waals surface area contributed by atoms with E-state index >= 15 is 0 Å². The van der Waals surface area contributed by atoms with Crippen LogP contribution < -0.4 is 15.0 Å². The van der Waals surface area contributed by atoms with Gasteiger partial charge in [-0.15, -0.1) is 22.7 Å². The first-order valence-corrected chi connectivity index (χ1v) is 10.9. The highest BCUT2D eigenvalue weighted by molar-refractivity contribution is 7.20. The van der Waals surface area contributed by atoms with Crippen LogP contribution in [0.3, 0.4) is 0 Å². The Morgan fingerprint density at radius 2 is 2.03 bits per heavy atom. The number of rotatable bonds is 7. The molecule has 1 N–H and O–H groups in total. The zero-order valence-corrected chi connectivity index (χ0v) is 18.1. The van der Waals surface area contributed by atoms with Crippen molar-refractivity contribution in [3.8, 4) is 11.4 Å². The summed E-state index contributed by atoms with van der Waals surface area (Å²) >= 11 is 3.16. The Balaban J connectivity index is 1.61. The fourth-order valence-corrected chi connectivity index (χ4v) is 4.82. The summed E-state index contributed by atoms with van der Waals surface area (Å²) in [5.41, 5.74) is 1.79. The van der Waals surface area contributed by atoms with Crippen LogP contribution in [0, 0.1) is 0 Å². The van der Waals surface area contributed by atoms with Gasteiger partial charge in [-0.3, -0.25) is 9.36 Å². The highest BCUT2D eigenvalue weighted by Gasteiger charge is 2.19. The molecular formula is C21H22N4O2S2. The van der Waals surface area contributed by atoms with E-state index < -0.39 is 0 Å². The van der Waals surface area contributed by atoms with Gasteiger partial charge >= 0.3 is 0 Å². The Morgan fingerprint density at radius 1 is 1.24 bits per heavy atom. The second kappa shape index (κ2) is 8.26. The molecule has 0 spiro atoms. The minimum Gasteiger partial charge on any atom is -0.497 e. The molecule has 3 heterocycles. The number of ether oxygens (including phenoxy) is 1. The Kier molecular flexibility index (Phi) is 5.55. The first kappa shape index (κ1) is 19.5. The SMILES string of the molecule is COc1ccc(-n2c(N(C)C)nc3cc(C(=O)NCCc4cccs4)sc32)cc1. The summed E-state index contributed by atoms with van der Waals surface area (Å²) in [6, 6.07) is 13.8. The second-order valence-electron chi connectivity index (χ2n) is 6.73. The number of carbonyl (C=O) groups excluding carboxylic acids is 1. The maximum absolute atomic E-state index is 12.6. The standard InChI is InChI=1S/C21H22N4O2S2/c1-24(2)21-23-17-13-18(19(26)22-11-10-16-5-4-12-28-16)29-20(17)25(21)14-6-8-15(27-3)9-7-14/h4-9,12-13H,10-11H2,1-3H3,(H,22,26). The number of fused-ring (bicyclic) bond motifs is 1. The third-order valence-corrected chi connectivity index (χ3v) is 6.55. The number of hydrogen-bond acceptors (Lipinski definition) is 6. The fraction of sp³-hybridized carbons (Fsp3) is 0.238. The number of benzene rings is 1. The molecule has 0 fully saturated rings. The summed E-state index contributed by atoms with van der Waals surface area (Å²) in [7, 11) is 5.58. The molecule has 3 aromatic heterocycles.